The number of furan rings is 1. The van der Waals surface area contributed by atoms with Crippen molar-refractivity contribution in [2.75, 3.05) is 18.0 Å². The fourth-order valence-corrected chi connectivity index (χ4v) is 4.47. The molecule has 1 unspecified atom stereocenters. The highest BCUT2D eigenvalue weighted by Gasteiger charge is 2.29. The quantitative estimate of drug-likeness (QED) is 0.732. The van der Waals surface area contributed by atoms with Crippen molar-refractivity contribution in [2.24, 2.45) is 5.92 Å². The molecule has 1 N–H and O–H groups in total. The maximum absolute atomic E-state index is 12.7. The molecule has 5 rings (SSSR count). The van der Waals surface area contributed by atoms with Crippen LogP contribution in [-0.2, 0) is 24.3 Å². The van der Waals surface area contributed by atoms with Gasteiger partial charge in [0.25, 0.3) is 0 Å². The van der Waals surface area contributed by atoms with E-state index in [9.17, 15) is 4.79 Å². The molecule has 0 saturated carbocycles. The molecular formula is C21H26N6O2. The molecule has 152 valence electrons. The van der Waals surface area contributed by atoms with Crippen LogP contribution in [0.25, 0.3) is 11.2 Å². The van der Waals surface area contributed by atoms with Gasteiger partial charge in [-0.3, -0.25) is 4.79 Å². The summed E-state index contributed by atoms with van der Waals surface area (Å²) in [6, 6.07) is 3.70. The SMILES string of the molecule is O=C(NCc1ccco1)C1CCCN(c2ncnc3c2nc2n3CCCCC2)C1. The molecule has 3 aromatic heterocycles. The zero-order chi connectivity index (χ0) is 19.6. The third-order valence-corrected chi connectivity index (χ3v) is 5.98. The number of nitrogens with one attached hydrogen (secondary N) is 1. The van der Waals surface area contributed by atoms with E-state index in [1.165, 1.54) is 19.3 Å². The summed E-state index contributed by atoms with van der Waals surface area (Å²) in [5, 5.41) is 3.00. The molecule has 3 aromatic rings. The van der Waals surface area contributed by atoms with Crippen LogP contribution in [0.3, 0.4) is 0 Å². The van der Waals surface area contributed by atoms with Gasteiger partial charge in [-0.05, 0) is 37.8 Å². The molecule has 0 radical (unpaired) electrons. The van der Waals surface area contributed by atoms with E-state index in [-0.39, 0.29) is 11.8 Å². The van der Waals surface area contributed by atoms with Gasteiger partial charge >= 0.3 is 0 Å². The molecule has 8 heteroatoms. The molecule has 0 aliphatic carbocycles. The number of carbonyl (C=O) groups excluding carboxylic acids is 1. The average Bonchev–Trinajstić information content (AvgIpc) is 3.34. The van der Waals surface area contributed by atoms with Crippen LogP contribution in [0.15, 0.2) is 29.1 Å². The molecule has 29 heavy (non-hydrogen) atoms. The minimum atomic E-state index is -0.0656. The van der Waals surface area contributed by atoms with E-state index in [1.54, 1.807) is 12.6 Å². The number of amides is 1. The van der Waals surface area contributed by atoms with Crippen LogP contribution >= 0.6 is 0 Å². The van der Waals surface area contributed by atoms with E-state index in [1.807, 2.05) is 12.1 Å². The molecule has 2 aliphatic rings. The number of rotatable bonds is 4. The average molecular weight is 394 g/mol. The van der Waals surface area contributed by atoms with Crippen molar-refractivity contribution in [1.29, 1.82) is 0 Å². The largest absolute Gasteiger partial charge is 0.467 e. The molecule has 0 bridgehead atoms. The summed E-state index contributed by atoms with van der Waals surface area (Å²) in [6.45, 7) is 2.93. The van der Waals surface area contributed by atoms with Gasteiger partial charge in [0.15, 0.2) is 17.0 Å². The summed E-state index contributed by atoms with van der Waals surface area (Å²) >= 11 is 0. The summed E-state index contributed by atoms with van der Waals surface area (Å²) in [5.74, 6) is 2.74. The van der Waals surface area contributed by atoms with Gasteiger partial charge in [-0.1, -0.05) is 6.42 Å². The second kappa shape index (κ2) is 7.85. The lowest BCUT2D eigenvalue weighted by atomic mass is 9.97. The van der Waals surface area contributed by atoms with Gasteiger partial charge < -0.3 is 19.2 Å². The maximum Gasteiger partial charge on any atom is 0.225 e. The molecule has 2 aliphatic heterocycles. The van der Waals surface area contributed by atoms with E-state index in [0.717, 1.165) is 60.9 Å². The minimum Gasteiger partial charge on any atom is -0.467 e. The number of aromatic nitrogens is 4. The Morgan fingerprint density at radius 1 is 1.21 bits per heavy atom. The fourth-order valence-electron chi connectivity index (χ4n) is 4.47. The smallest absolute Gasteiger partial charge is 0.225 e. The molecule has 0 aromatic carbocycles. The summed E-state index contributed by atoms with van der Waals surface area (Å²) in [5.41, 5.74) is 1.80. The Morgan fingerprint density at radius 3 is 3.07 bits per heavy atom. The van der Waals surface area contributed by atoms with Crippen molar-refractivity contribution >= 4 is 22.9 Å². The number of hydrogen-bond acceptors (Lipinski definition) is 6. The number of imidazole rings is 1. The Morgan fingerprint density at radius 2 is 2.17 bits per heavy atom. The lowest BCUT2D eigenvalue weighted by molar-refractivity contribution is -0.125. The van der Waals surface area contributed by atoms with Crippen molar-refractivity contribution < 1.29 is 9.21 Å². The molecule has 1 amide bonds. The van der Waals surface area contributed by atoms with E-state index in [4.69, 9.17) is 9.40 Å². The Labute approximate surface area is 169 Å². The summed E-state index contributed by atoms with van der Waals surface area (Å²) in [6.07, 6.45) is 9.67. The molecule has 0 spiro atoms. The fraction of sp³-hybridized carbons (Fsp3) is 0.524. The first-order chi connectivity index (χ1) is 14.3. The van der Waals surface area contributed by atoms with Gasteiger partial charge in [-0.25, -0.2) is 15.0 Å². The predicted molar refractivity (Wildman–Crippen MR) is 108 cm³/mol. The normalized spacial score (nSPS) is 19.7. The van der Waals surface area contributed by atoms with Crippen molar-refractivity contribution in [3.05, 3.63) is 36.3 Å². The van der Waals surface area contributed by atoms with E-state index >= 15 is 0 Å². The molecule has 1 saturated heterocycles. The first-order valence-electron chi connectivity index (χ1n) is 10.5. The predicted octanol–water partition coefficient (Wildman–Crippen LogP) is 2.68. The minimum absolute atomic E-state index is 0.0656. The van der Waals surface area contributed by atoms with Crippen LogP contribution in [0.2, 0.25) is 0 Å². The topological polar surface area (TPSA) is 89.1 Å². The van der Waals surface area contributed by atoms with Gasteiger partial charge in [-0.15, -0.1) is 0 Å². The Hall–Kier alpha value is -2.90. The highest BCUT2D eigenvalue weighted by Crippen LogP contribution is 2.29. The highest BCUT2D eigenvalue weighted by atomic mass is 16.3. The number of nitrogens with zero attached hydrogens (tertiary/aromatic N) is 5. The second-order valence-electron chi connectivity index (χ2n) is 7.94. The number of fused-ring (bicyclic) bond motifs is 3. The lowest BCUT2D eigenvalue weighted by Crippen LogP contribution is -2.43. The van der Waals surface area contributed by atoms with Crippen LogP contribution in [0, 0.1) is 5.92 Å². The molecule has 5 heterocycles. The number of aryl methyl sites for hydroxylation is 2. The summed E-state index contributed by atoms with van der Waals surface area (Å²) in [4.78, 5) is 28.9. The maximum atomic E-state index is 12.7. The molecule has 1 fully saturated rings. The number of anilines is 1. The van der Waals surface area contributed by atoms with Crippen LogP contribution in [0.4, 0.5) is 5.82 Å². The first-order valence-corrected chi connectivity index (χ1v) is 10.5. The number of carbonyl (C=O) groups is 1. The van der Waals surface area contributed by atoms with Crippen molar-refractivity contribution in [3.8, 4) is 0 Å². The van der Waals surface area contributed by atoms with Crippen LogP contribution in [0.1, 0.15) is 43.7 Å². The van der Waals surface area contributed by atoms with Crippen LogP contribution in [0.5, 0.6) is 0 Å². The first kappa shape index (κ1) is 18.1. The summed E-state index contributed by atoms with van der Waals surface area (Å²) in [7, 11) is 0. The zero-order valence-electron chi connectivity index (χ0n) is 16.5. The Kier molecular flexibility index (Phi) is 4.91. The number of hydrogen-bond donors (Lipinski definition) is 1. The van der Waals surface area contributed by atoms with E-state index < -0.39 is 0 Å². The second-order valence-corrected chi connectivity index (χ2v) is 7.94. The third-order valence-electron chi connectivity index (χ3n) is 5.98. The van der Waals surface area contributed by atoms with Crippen molar-refractivity contribution in [2.45, 2.75) is 51.6 Å². The monoisotopic (exact) mass is 394 g/mol. The zero-order valence-corrected chi connectivity index (χ0v) is 16.5. The van der Waals surface area contributed by atoms with Gasteiger partial charge in [0, 0.05) is 26.1 Å². The van der Waals surface area contributed by atoms with Gasteiger partial charge in [0.1, 0.15) is 17.9 Å². The lowest BCUT2D eigenvalue weighted by Gasteiger charge is -2.32. The van der Waals surface area contributed by atoms with Gasteiger partial charge in [0.2, 0.25) is 5.91 Å². The molecule has 8 nitrogen and oxygen atoms in total. The van der Waals surface area contributed by atoms with E-state index in [2.05, 4.69) is 24.8 Å². The van der Waals surface area contributed by atoms with Gasteiger partial charge in [-0.2, -0.15) is 0 Å². The van der Waals surface area contributed by atoms with Crippen molar-refractivity contribution in [1.82, 2.24) is 24.8 Å². The third kappa shape index (κ3) is 3.59. The highest BCUT2D eigenvalue weighted by molar-refractivity contribution is 5.85. The van der Waals surface area contributed by atoms with Crippen LogP contribution < -0.4 is 10.2 Å². The Balaban J connectivity index is 1.35. The molecule has 1 atom stereocenters. The van der Waals surface area contributed by atoms with Crippen molar-refractivity contribution in [3.63, 3.8) is 0 Å². The standard InChI is InChI=1S/C21H26N6O2/c28-21(22-12-16-7-5-11-29-16)15-6-4-9-26(13-15)19-18-20(24-14-23-19)27-10-3-1-2-8-17(27)25-18/h5,7,11,14-15H,1-4,6,8-10,12-13H2,(H,22,28). The number of piperidine rings is 1. The van der Waals surface area contributed by atoms with Crippen LogP contribution in [-0.4, -0.2) is 38.5 Å². The summed E-state index contributed by atoms with van der Waals surface area (Å²) < 4.78 is 7.56. The van der Waals surface area contributed by atoms with E-state index in [0.29, 0.717) is 13.1 Å². The Bertz CT molecular complexity index is 996. The molecular weight excluding hydrogens is 368 g/mol. The van der Waals surface area contributed by atoms with Gasteiger partial charge in [0.05, 0.1) is 18.7 Å².